The number of aryl methyl sites for hydroxylation is 1. The lowest BCUT2D eigenvalue weighted by Crippen LogP contribution is -2.38. The van der Waals surface area contributed by atoms with E-state index in [1.165, 1.54) is 5.56 Å². The molecule has 0 atom stereocenters. The van der Waals surface area contributed by atoms with Crippen LogP contribution in [0.25, 0.3) is 0 Å². The molecule has 0 unspecified atom stereocenters. The molecule has 0 amide bonds. The van der Waals surface area contributed by atoms with E-state index in [9.17, 15) is 0 Å². The first-order valence-electron chi connectivity index (χ1n) is 8.87. The molecule has 0 aliphatic rings. The summed E-state index contributed by atoms with van der Waals surface area (Å²) in [5, 5.41) is 6.64. The normalized spacial score (nSPS) is 11.2. The van der Waals surface area contributed by atoms with Crippen molar-refractivity contribution in [2.45, 2.75) is 33.7 Å². The fourth-order valence-electron chi connectivity index (χ4n) is 2.44. The summed E-state index contributed by atoms with van der Waals surface area (Å²) in [6.07, 6.45) is 2.68. The zero-order valence-corrected chi connectivity index (χ0v) is 15.4. The molecule has 1 aromatic carbocycles. The molecule has 2 aromatic rings. The zero-order valence-electron chi connectivity index (χ0n) is 15.4. The molecule has 2 rings (SSSR count). The smallest absolute Gasteiger partial charge is 0.191 e. The zero-order chi connectivity index (χ0) is 17.9. The highest BCUT2D eigenvalue weighted by Gasteiger charge is 2.04. The molecule has 0 saturated heterocycles. The fourth-order valence-corrected chi connectivity index (χ4v) is 2.44. The maximum Gasteiger partial charge on any atom is 0.191 e. The van der Waals surface area contributed by atoms with E-state index in [0.717, 1.165) is 42.5 Å². The van der Waals surface area contributed by atoms with E-state index in [0.29, 0.717) is 13.2 Å². The van der Waals surface area contributed by atoms with Gasteiger partial charge in [0.25, 0.3) is 0 Å². The van der Waals surface area contributed by atoms with Crippen LogP contribution in [0.15, 0.2) is 47.6 Å². The number of ether oxygens (including phenoxy) is 1. The molecular formula is C20H28N4O. The largest absolute Gasteiger partial charge is 0.494 e. The second-order valence-corrected chi connectivity index (χ2v) is 5.74. The average Bonchev–Trinajstić information content (AvgIpc) is 2.62. The van der Waals surface area contributed by atoms with Crippen molar-refractivity contribution < 1.29 is 4.74 Å². The van der Waals surface area contributed by atoms with Gasteiger partial charge in [0, 0.05) is 37.0 Å². The highest BCUT2D eigenvalue weighted by atomic mass is 16.5. The van der Waals surface area contributed by atoms with Crippen LogP contribution in [0.4, 0.5) is 0 Å². The second-order valence-electron chi connectivity index (χ2n) is 5.74. The third-order valence-corrected chi connectivity index (χ3v) is 3.67. The van der Waals surface area contributed by atoms with Gasteiger partial charge in [-0.1, -0.05) is 18.2 Å². The van der Waals surface area contributed by atoms with Crippen LogP contribution in [0.2, 0.25) is 0 Å². The van der Waals surface area contributed by atoms with E-state index in [2.05, 4.69) is 52.7 Å². The van der Waals surface area contributed by atoms with Crippen LogP contribution in [-0.4, -0.2) is 30.6 Å². The third-order valence-electron chi connectivity index (χ3n) is 3.67. The summed E-state index contributed by atoms with van der Waals surface area (Å²) >= 11 is 0. The van der Waals surface area contributed by atoms with Crippen molar-refractivity contribution in [1.82, 2.24) is 15.6 Å². The molecule has 0 aliphatic heterocycles. The minimum absolute atomic E-state index is 0.578. The van der Waals surface area contributed by atoms with Gasteiger partial charge in [0.05, 0.1) is 13.2 Å². The predicted octanol–water partition coefficient (Wildman–Crippen LogP) is 3.09. The first-order chi connectivity index (χ1) is 12.2. The van der Waals surface area contributed by atoms with E-state index in [1.807, 2.05) is 31.3 Å². The van der Waals surface area contributed by atoms with E-state index >= 15 is 0 Å². The Hall–Kier alpha value is -2.56. The highest BCUT2D eigenvalue weighted by Crippen LogP contribution is 2.21. The minimum atomic E-state index is 0.578. The topological polar surface area (TPSA) is 58.5 Å². The Morgan fingerprint density at radius 2 is 2.04 bits per heavy atom. The van der Waals surface area contributed by atoms with Gasteiger partial charge in [0.2, 0.25) is 0 Å². The molecule has 1 aromatic heterocycles. The van der Waals surface area contributed by atoms with E-state index in [1.54, 1.807) is 0 Å². The van der Waals surface area contributed by atoms with Crippen molar-refractivity contribution in [3.63, 3.8) is 0 Å². The monoisotopic (exact) mass is 340 g/mol. The van der Waals surface area contributed by atoms with Crippen molar-refractivity contribution in [2.75, 3.05) is 19.7 Å². The summed E-state index contributed by atoms with van der Waals surface area (Å²) in [6, 6.07) is 12.2. The standard InChI is InChI=1S/C20H28N4O/c1-4-21-20(23-13-11-18-8-6-7-12-22-18)24-15-17-10-9-16(3)14-19(17)25-5-2/h6-10,12,14H,4-5,11,13,15H2,1-3H3,(H2,21,23,24). The summed E-state index contributed by atoms with van der Waals surface area (Å²) < 4.78 is 5.73. The number of rotatable bonds is 8. The van der Waals surface area contributed by atoms with Crippen molar-refractivity contribution in [2.24, 2.45) is 4.99 Å². The summed E-state index contributed by atoms with van der Waals surface area (Å²) in [7, 11) is 0. The van der Waals surface area contributed by atoms with Crippen LogP contribution < -0.4 is 15.4 Å². The molecule has 0 spiro atoms. The first-order valence-corrected chi connectivity index (χ1v) is 8.87. The van der Waals surface area contributed by atoms with Gasteiger partial charge in [0.15, 0.2) is 5.96 Å². The second kappa shape index (κ2) is 10.3. The lowest BCUT2D eigenvalue weighted by Gasteiger charge is -2.13. The van der Waals surface area contributed by atoms with Gasteiger partial charge in [-0.05, 0) is 44.5 Å². The molecule has 0 fully saturated rings. The van der Waals surface area contributed by atoms with Crippen molar-refractivity contribution in [1.29, 1.82) is 0 Å². The molecule has 0 aliphatic carbocycles. The molecular weight excluding hydrogens is 312 g/mol. The van der Waals surface area contributed by atoms with Crippen LogP contribution in [-0.2, 0) is 13.0 Å². The number of nitrogens with one attached hydrogen (secondary N) is 2. The first kappa shape index (κ1) is 18.8. The number of nitrogens with zero attached hydrogens (tertiary/aromatic N) is 2. The van der Waals surface area contributed by atoms with Crippen LogP contribution in [0.1, 0.15) is 30.7 Å². The lowest BCUT2D eigenvalue weighted by molar-refractivity contribution is 0.336. The number of aliphatic imine (C=N–C) groups is 1. The summed E-state index contributed by atoms with van der Waals surface area (Å²) in [5.41, 5.74) is 3.36. The molecule has 0 saturated carbocycles. The SMILES string of the molecule is CCNC(=NCc1ccc(C)cc1OCC)NCCc1ccccn1. The molecule has 2 N–H and O–H groups in total. The van der Waals surface area contributed by atoms with E-state index in [4.69, 9.17) is 4.74 Å². The van der Waals surface area contributed by atoms with Crippen molar-refractivity contribution >= 4 is 5.96 Å². The van der Waals surface area contributed by atoms with Crippen LogP contribution in [0, 0.1) is 6.92 Å². The van der Waals surface area contributed by atoms with E-state index < -0.39 is 0 Å². The Kier molecular flexibility index (Phi) is 7.76. The van der Waals surface area contributed by atoms with Gasteiger partial charge >= 0.3 is 0 Å². The highest BCUT2D eigenvalue weighted by molar-refractivity contribution is 5.79. The molecule has 25 heavy (non-hydrogen) atoms. The predicted molar refractivity (Wildman–Crippen MR) is 103 cm³/mol. The maximum absolute atomic E-state index is 5.73. The Bertz CT molecular complexity index is 671. The van der Waals surface area contributed by atoms with Crippen LogP contribution in [0.5, 0.6) is 5.75 Å². The lowest BCUT2D eigenvalue weighted by atomic mass is 10.1. The van der Waals surface area contributed by atoms with Gasteiger partial charge in [0.1, 0.15) is 5.75 Å². The Balaban J connectivity index is 1.97. The average molecular weight is 340 g/mol. The molecule has 1 heterocycles. The van der Waals surface area contributed by atoms with Crippen molar-refractivity contribution in [3.8, 4) is 5.75 Å². The number of guanidine groups is 1. The quantitative estimate of drug-likeness (QED) is 0.573. The minimum Gasteiger partial charge on any atom is -0.494 e. The Labute approximate surface area is 150 Å². The van der Waals surface area contributed by atoms with E-state index in [-0.39, 0.29) is 0 Å². The van der Waals surface area contributed by atoms with Crippen LogP contribution >= 0.6 is 0 Å². The van der Waals surface area contributed by atoms with Gasteiger partial charge < -0.3 is 15.4 Å². The fraction of sp³-hybridized carbons (Fsp3) is 0.400. The van der Waals surface area contributed by atoms with Gasteiger partial charge in [-0.2, -0.15) is 0 Å². The van der Waals surface area contributed by atoms with Gasteiger partial charge in [-0.15, -0.1) is 0 Å². The molecule has 134 valence electrons. The van der Waals surface area contributed by atoms with Gasteiger partial charge in [-0.25, -0.2) is 4.99 Å². The number of benzene rings is 1. The number of hydrogen-bond donors (Lipinski definition) is 2. The molecule has 0 bridgehead atoms. The Morgan fingerprint density at radius 3 is 2.76 bits per heavy atom. The summed E-state index contributed by atoms with van der Waals surface area (Å²) in [4.78, 5) is 9.02. The molecule has 5 heteroatoms. The third kappa shape index (κ3) is 6.45. The molecule has 5 nitrogen and oxygen atoms in total. The number of hydrogen-bond acceptors (Lipinski definition) is 3. The molecule has 0 radical (unpaired) electrons. The summed E-state index contributed by atoms with van der Waals surface area (Å²) in [6.45, 7) is 8.97. The van der Waals surface area contributed by atoms with Gasteiger partial charge in [-0.3, -0.25) is 4.98 Å². The Morgan fingerprint density at radius 1 is 1.16 bits per heavy atom. The number of pyridine rings is 1. The number of aromatic nitrogens is 1. The maximum atomic E-state index is 5.73. The summed E-state index contributed by atoms with van der Waals surface area (Å²) in [5.74, 6) is 1.72. The van der Waals surface area contributed by atoms with Crippen LogP contribution in [0.3, 0.4) is 0 Å². The van der Waals surface area contributed by atoms with Crippen molar-refractivity contribution in [3.05, 3.63) is 59.4 Å².